The van der Waals surface area contributed by atoms with E-state index < -0.39 is 0 Å². The molecule has 7 heteroatoms. The fourth-order valence-electron chi connectivity index (χ4n) is 4.42. The van der Waals surface area contributed by atoms with E-state index in [-0.39, 0.29) is 30.7 Å². The molecule has 0 spiro atoms. The number of carbonyl (C=O) groups excluding carboxylic acids is 1. The van der Waals surface area contributed by atoms with E-state index in [9.17, 15) is 4.79 Å². The highest BCUT2D eigenvalue weighted by Crippen LogP contribution is 2.29. The molecule has 31 heavy (non-hydrogen) atoms. The Morgan fingerprint density at radius 1 is 1.03 bits per heavy atom. The molecule has 2 aromatic carbocycles. The highest BCUT2D eigenvalue weighted by atomic mass is 35.5. The van der Waals surface area contributed by atoms with Gasteiger partial charge in [-0.3, -0.25) is 4.79 Å². The Bertz CT molecular complexity index is 835. The lowest BCUT2D eigenvalue weighted by Gasteiger charge is -2.37. The van der Waals surface area contributed by atoms with Crippen LogP contribution in [0.5, 0.6) is 5.75 Å². The van der Waals surface area contributed by atoms with Crippen LogP contribution in [0.3, 0.4) is 0 Å². The van der Waals surface area contributed by atoms with Crippen molar-refractivity contribution in [3.05, 3.63) is 59.7 Å². The molecule has 2 heterocycles. The number of nitrogens with zero attached hydrogens (tertiary/aromatic N) is 2. The molecule has 4 rings (SSSR count). The normalized spacial score (nSPS) is 18.2. The molecule has 2 saturated heterocycles. The Kier molecular flexibility index (Phi) is 9.94. The Morgan fingerprint density at radius 3 is 2.45 bits per heavy atom. The number of rotatable bonds is 6. The summed E-state index contributed by atoms with van der Waals surface area (Å²) in [6, 6.07) is 16.3. The molecule has 170 valence electrons. The topological polar surface area (TPSA) is 44.8 Å². The number of carbonyl (C=O) groups is 1. The molecular formula is C24H33Cl2N3O2. The molecule has 0 saturated carbocycles. The Labute approximate surface area is 198 Å². The smallest absolute Gasteiger partial charge is 0.254 e. The van der Waals surface area contributed by atoms with Gasteiger partial charge in [0.15, 0.2) is 0 Å². The minimum absolute atomic E-state index is 0. The summed E-state index contributed by atoms with van der Waals surface area (Å²) in [4.78, 5) is 17.6. The van der Waals surface area contributed by atoms with E-state index in [1.54, 1.807) is 0 Å². The van der Waals surface area contributed by atoms with E-state index in [1.807, 2.05) is 42.2 Å². The van der Waals surface area contributed by atoms with E-state index in [4.69, 9.17) is 4.74 Å². The van der Waals surface area contributed by atoms with Crippen molar-refractivity contribution in [2.45, 2.75) is 19.8 Å². The van der Waals surface area contributed by atoms with Gasteiger partial charge in [0.05, 0.1) is 12.3 Å². The lowest BCUT2D eigenvalue weighted by molar-refractivity contribution is 0.0745. The first-order chi connectivity index (χ1) is 14.3. The minimum atomic E-state index is 0. The Hall–Kier alpha value is -1.95. The first-order valence-corrected chi connectivity index (χ1v) is 10.8. The molecule has 2 fully saturated rings. The van der Waals surface area contributed by atoms with Gasteiger partial charge in [0.1, 0.15) is 5.75 Å². The molecule has 0 radical (unpaired) electrons. The summed E-state index contributed by atoms with van der Waals surface area (Å²) in [5.74, 6) is 1.73. The lowest BCUT2D eigenvalue weighted by atomic mass is 9.94. The average Bonchev–Trinajstić information content (AvgIpc) is 3.28. The van der Waals surface area contributed by atoms with Crippen molar-refractivity contribution in [1.82, 2.24) is 10.2 Å². The predicted octanol–water partition coefficient (Wildman–Crippen LogP) is 4.04. The van der Waals surface area contributed by atoms with Gasteiger partial charge in [-0.05, 0) is 62.5 Å². The Morgan fingerprint density at radius 2 is 1.74 bits per heavy atom. The van der Waals surface area contributed by atoms with Gasteiger partial charge in [-0.25, -0.2) is 0 Å². The van der Waals surface area contributed by atoms with Gasteiger partial charge in [0.25, 0.3) is 5.91 Å². The summed E-state index contributed by atoms with van der Waals surface area (Å²) in [5.41, 5.74) is 3.19. The SMILES string of the molecule is CCOc1ccccc1N1CCN(C(=O)c2ccccc2CC2CCNC2)CC1.Cl.Cl. The molecule has 1 amide bonds. The summed E-state index contributed by atoms with van der Waals surface area (Å²) in [6.45, 7) is 7.92. The molecule has 1 atom stereocenters. The minimum Gasteiger partial charge on any atom is -0.492 e. The number of benzene rings is 2. The summed E-state index contributed by atoms with van der Waals surface area (Å²) >= 11 is 0. The van der Waals surface area contributed by atoms with Crippen LogP contribution < -0.4 is 15.0 Å². The summed E-state index contributed by atoms with van der Waals surface area (Å²) in [6.07, 6.45) is 2.18. The van der Waals surface area contributed by atoms with Crippen molar-refractivity contribution in [3.8, 4) is 5.75 Å². The van der Waals surface area contributed by atoms with Crippen LogP contribution in [0.15, 0.2) is 48.5 Å². The van der Waals surface area contributed by atoms with Gasteiger partial charge in [0, 0.05) is 31.7 Å². The maximum atomic E-state index is 13.3. The van der Waals surface area contributed by atoms with E-state index >= 15 is 0 Å². The molecule has 0 aliphatic carbocycles. The summed E-state index contributed by atoms with van der Waals surface area (Å²) in [5, 5.41) is 3.43. The van der Waals surface area contributed by atoms with Gasteiger partial charge in [-0.1, -0.05) is 30.3 Å². The molecule has 5 nitrogen and oxygen atoms in total. The van der Waals surface area contributed by atoms with Crippen LogP contribution in [0.1, 0.15) is 29.3 Å². The van der Waals surface area contributed by atoms with E-state index in [0.717, 1.165) is 62.7 Å². The number of piperazine rings is 1. The molecule has 0 bridgehead atoms. The van der Waals surface area contributed by atoms with Crippen LogP contribution in [-0.4, -0.2) is 56.7 Å². The number of halogens is 2. The predicted molar refractivity (Wildman–Crippen MR) is 131 cm³/mol. The maximum absolute atomic E-state index is 13.3. The number of nitrogens with one attached hydrogen (secondary N) is 1. The van der Waals surface area contributed by atoms with Crippen LogP contribution in [0.2, 0.25) is 0 Å². The lowest BCUT2D eigenvalue weighted by Crippen LogP contribution is -2.49. The number of hydrogen-bond donors (Lipinski definition) is 1. The molecule has 0 aromatic heterocycles. The fraction of sp³-hybridized carbons (Fsp3) is 0.458. The number of amides is 1. The summed E-state index contributed by atoms with van der Waals surface area (Å²) in [7, 11) is 0. The third-order valence-electron chi connectivity index (χ3n) is 5.99. The fourth-order valence-corrected chi connectivity index (χ4v) is 4.42. The maximum Gasteiger partial charge on any atom is 0.254 e. The third-order valence-corrected chi connectivity index (χ3v) is 5.99. The number of para-hydroxylation sites is 2. The molecule has 1 unspecified atom stereocenters. The third kappa shape index (κ3) is 6.06. The molecule has 2 aliphatic rings. The molecule has 2 aromatic rings. The number of ether oxygens (including phenoxy) is 1. The van der Waals surface area contributed by atoms with Gasteiger partial charge < -0.3 is 19.9 Å². The standard InChI is InChI=1S/C24H31N3O2.2ClH/c1-2-29-23-10-6-5-9-22(23)26-13-15-27(16-14-26)24(28)21-8-4-3-7-20(21)17-19-11-12-25-18-19;;/h3-10,19,25H,2,11-18H2,1H3;2*1H. The molecule has 2 aliphatic heterocycles. The van der Waals surface area contributed by atoms with Crippen LogP contribution in [0.4, 0.5) is 5.69 Å². The van der Waals surface area contributed by atoms with Crippen LogP contribution in [0, 0.1) is 5.92 Å². The first-order valence-electron chi connectivity index (χ1n) is 10.8. The first kappa shape index (κ1) is 25.3. The monoisotopic (exact) mass is 465 g/mol. The summed E-state index contributed by atoms with van der Waals surface area (Å²) < 4.78 is 5.79. The van der Waals surface area contributed by atoms with Crippen molar-refractivity contribution in [2.24, 2.45) is 5.92 Å². The second-order valence-corrected chi connectivity index (χ2v) is 7.90. The largest absolute Gasteiger partial charge is 0.492 e. The quantitative estimate of drug-likeness (QED) is 0.698. The second kappa shape index (κ2) is 12.2. The van der Waals surface area contributed by atoms with Crippen LogP contribution in [-0.2, 0) is 6.42 Å². The number of hydrogen-bond acceptors (Lipinski definition) is 4. The van der Waals surface area contributed by atoms with E-state index in [1.165, 1.54) is 12.0 Å². The number of anilines is 1. The van der Waals surface area contributed by atoms with Crippen molar-refractivity contribution in [1.29, 1.82) is 0 Å². The van der Waals surface area contributed by atoms with E-state index in [2.05, 4.69) is 28.4 Å². The van der Waals surface area contributed by atoms with Crippen LogP contribution in [0.25, 0.3) is 0 Å². The van der Waals surface area contributed by atoms with Crippen molar-refractivity contribution >= 4 is 36.4 Å². The zero-order chi connectivity index (χ0) is 20.1. The molecule has 1 N–H and O–H groups in total. The zero-order valence-electron chi connectivity index (χ0n) is 18.1. The average molecular weight is 466 g/mol. The van der Waals surface area contributed by atoms with E-state index in [0.29, 0.717) is 12.5 Å². The van der Waals surface area contributed by atoms with Crippen molar-refractivity contribution in [2.75, 3.05) is 50.8 Å². The van der Waals surface area contributed by atoms with Crippen molar-refractivity contribution in [3.63, 3.8) is 0 Å². The van der Waals surface area contributed by atoms with Gasteiger partial charge in [0.2, 0.25) is 0 Å². The van der Waals surface area contributed by atoms with Crippen LogP contribution >= 0.6 is 24.8 Å². The highest BCUT2D eigenvalue weighted by Gasteiger charge is 2.26. The van der Waals surface area contributed by atoms with Gasteiger partial charge >= 0.3 is 0 Å². The van der Waals surface area contributed by atoms with Gasteiger partial charge in [-0.15, -0.1) is 24.8 Å². The van der Waals surface area contributed by atoms with Crippen molar-refractivity contribution < 1.29 is 9.53 Å². The highest BCUT2D eigenvalue weighted by molar-refractivity contribution is 5.96. The zero-order valence-corrected chi connectivity index (χ0v) is 19.7. The second-order valence-electron chi connectivity index (χ2n) is 7.90. The molecular weight excluding hydrogens is 433 g/mol. The Balaban J connectivity index is 0.00000171. The van der Waals surface area contributed by atoms with Gasteiger partial charge in [-0.2, -0.15) is 0 Å².